The quantitative estimate of drug-likeness (QED) is 0.130. The van der Waals surface area contributed by atoms with Gasteiger partial charge < -0.3 is 0 Å². The standard InChI is InChI=1S/C50H30S/c1-2-13-31(14-3-1)42-30-43-35(26-25-32-15-6-7-18-36(32)43)28-44(42)49-39-21-10-8-19-37(39)48(38-20-9-11-22-40(38)49)41-23-12-24-46-50(41)45-27-33-16-4-5-17-34(33)29-47(45)51-46/h1-30H. The number of thiophene rings is 1. The summed E-state index contributed by atoms with van der Waals surface area (Å²) in [5, 5.41) is 15.4. The molecule has 0 aliphatic carbocycles. The number of hydrogen-bond acceptors (Lipinski definition) is 1. The van der Waals surface area contributed by atoms with Gasteiger partial charge in [-0.2, -0.15) is 0 Å². The molecule has 0 bridgehead atoms. The number of fused-ring (bicyclic) bond motifs is 9. The van der Waals surface area contributed by atoms with Crippen LogP contribution in [0.2, 0.25) is 0 Å². The molecule has 0 nitrogen and oxygen atoms in total. The van der Waals surface area contributed by atoms with Gasteiger partial charge in [0.2, 0.25) is 0 Å². The maximum absolute atomic E-state index is 2.44. The highest BCUT2D eigenvalue weighted by atomic mass is 32.1. The van der Waals surface area contributed by atoms with E-state index in [1.807, 2.05) is 11.3 Å². The Kier molecular flexibility index (Phi) is 6.22. The molecule has 0 unspecified atom stereocenters. The first-order valence-corrected chi connectivity index (χ1v) is 18.4. The molecule has 0 N–H and O–H groups in total. The van der Waals surface area contributed by atoms with Gasteiger partial charge in [-0.15, -0.1) is 11.3 Å². The topological polar surface area (TPSA) is 0 Å². The Morgan fingerprint density at radius 2 is 0.843 bits per heavy atom. The predicted molar refractivity (Wildman–Crippen MR) is 223 cm³/mol. The van der Waals surface area contributed by atoms with Crippen LogP contribution in [0.25, 0.3) is 107 Å². The number of rotatable bonds is 3. The highest BCUT2D eigenvalue weighted by molar-refractivity contribution is 7.26. The molecule has 0 aliphatic rings. The molecule has 0 aliphatic heterocycles. The van der Waals surface area contributed by atoms with Crippen LogP contribution < -0.4 is 0 Å². The number of benzene rings is 10. The van der Waals surface area contributed by atoms with Crippen molar-refractivity contribution in [3.8, 4) is 33.4 Å². The average molecular weight is 663 g/mol. The highest BCUT2D eigenvalue weighted by Crippen LogP contribution is 2.50. The first-order valence-electron chi connectivity index (χ1n) is 17.6. The predicted octanol–water partition coefficient (Wildman–Crippen LogP) is 14.8. The molecule has 0 spiro atoms. The lowest BCUT2D eigenvalue weighted by molar-refractivity contribution is 1.63. The summed E-state index contributed by atoms with van der Waals surface area (Å²) in [6.45, 7) is 0. The van der Waals surface area contributed by atoms with Gasteiger partial charge in [-0.05, 0) is 118 Å². The van der Waals surface area contributed by atoms with Crippen LogP contribution >= 0.6 is 11.3 Å². The van der Waals surface area contributed by atoms with E-state index in [0.29, 0.717) is 0 Å². The third-order valence-electron chi connectivity index (χ3n) is 10.8. The molecule has 11 aromatic rings. The zero-order valence-corrected chi connectivity index (χ0v) is 28.5. The molecule has 0 atom stereocenters. The minimum absolute atomic E-state index is 1.22. The molecule has 10 aromatic carbocycles. The van der Waals surface area contributed by atoms with E-state index in [0.717, 1.165) is 0 Å². The van der Waals surface area contributed by atoms with Gasteiger partial charge in [-0.3, -0.25) is 0 Å². The van der Waals surface area contributed by atoms with Crippen molar-refractivity contribution < 1.29 is 0 Å². The molecule has 236 valence electrons. The van der Waals surface area contributed by atoms with Crippen molar-refractivity contribution >= 4 is 85.4 Å². The molecule has 1 aromatic heterocycles. The Morgan fingerprint density at radius 3 is 1.55 bits per heavy atom. The molecule has 11 rings (SSSR count). The highest BCUT2D eigenvalue weighted by Gasteiger charge is 2.22. The summed E-state index contributed by atoms with van der Waals surface area (Å²) in [5.41, 5.74) is 7.61. The van der Waals surface area contributed by atoms with E-state index >= 15 is 0 Å². The largest absolute Gasteiger partial charge is 0.135 e. The van der Waals surface area contributed by atoms with Gasteiger partial charge in [-0.25, -0.2) is 0 Å². The smallest absolute Gasteiger partial charge is 0.0362 e. The van der Waals surface area contributed by atoms with Gasteiger partial charge in [0.05, 0.1) is 0 Å². The second-order valence-electron chi connectivity index (χ2n) is 13.6. The minimum atomic E-state index is 1.22. The average Bonchev–Trinajstić information content (AvgIpc) is 3.56. The van der Waals surface area contributed by atoms with Gasteiger partial charge in [0, 0.05) is 20.2 Å². The van der Waals surface area contributed by atoms with Crippen molar-refractivity contribution in [3.63, 3.8) is 0 Å². The van der Waals surface area contributed by atoms with E-state index in [4.69, 9.17) is 0 Å². The van der Waals surface area contributed by atoms with Gasteiger partial charge in [0.1, 0.15) is 0 Å². The second-order valence-corrected chi connectivity index (χ2v) is 14.7. The fourth-order valence-electron chi connectivity index (χ4n) is 8.55. The molecule has 0 saturated heterocycles. The molecule has 0 radical (unpaired) electrons. The summed E-state index contributed by atoms with van der Waals surface area (Å²) < 4.78 is 2.65. The summed E-state index contributed by atoms with van der Waals surface area (Å²) in [6.07, 6.45) is 0. The maximum Gasteiger partial charge on any atom is 0.0362 e. The molecule has 51 heavy (non-hydrogen) atoms. The summed E-state index contributed by atoms with van der Waals surface area (Å²) in [7, 11) is 0. The van der Waals surface area contributed by atoms with Crippen LogP contribution in [0, 0.1) is 0 Å². The van der Waals surface area contributed by atoms with Crippen LogP contribution in [0.5, 0.6) is 0 Å². The molecule has 0 amide bonds. The Balaban J connectivity index is 1.28. The van der Waals surface area contributed by atoms with Crippen molar-refractivity contribution in [2.75, 3.05) is 0 Å². The lowest BCUT2D eigenvalue weighted by Gasteiger charge is -2.21. The zero-order valence-electron chi connectivity index (χ0n) is 27.7. The number of hydrogen-bond donors (Lipinski definition) is 0. The van der Waals surface area contributed by atoms with E-state index < -0.39 is 0 Å². The lowest BCUT2D eigenvalue weighted by Crippen LogP contribution is -1.94. The Labute approximate surface area is 299 Å². The molecule has 0 fully saturated rings. The van der Waals surface area contributed by atoms with Crippen molar-refractivity contribution in [3.05, 3.63) is 182 Å². The fraction of sp³-hybridized carbons (Fsp3) is 0. The van der Waals surface area contributed by atoms with Gasteiger partial charge >= 0.3 is 0 Å². The normalized spacial score (nSPS) is 11.9. The van der Waals surface area contributed by atoms with E-state index in [1.165, 1.54) is 107 Å². The molecular weight excluding hydrogens is 633 g/mol. The summed E-state index contributed by atoms with van der Waals surface area (Å²) in [4.78, 5) is 0. The second kappa shape index (κ2) is 11.1. The Bertz CT molecular complexity index is 3130. The molecule has 0 saturated carbocycles. The van der Waals surface area contributed by atoms with E-state index in [-0.39, 0.29) is 0 Å². The molecule has 1 heteroatoms. The van der Waals surface area contributed by atoms with Crippen LogP contribution in [0.3, 0.4) is 0 Å². The molecule has 1 heterocycles. The van der Waals surface area contributed by atoms with Crippen molar-refractivity contribution in [2.24, 2.45) is 0 Å². The van der Waals surface area contributed by atoms with E-state index in [1.54, 1.807) is 0 Å². The summed E-state index contributed by atoms with van der Waals surface area (Å²) in [5.74, 6) is 0. The lowest BCUT2D eigenvalue weighted by atomic mass is 9.82. The summed E-state index contributed by atoms with van der Waals surface area (Å²) in [6, 6.07) is 67.6. The van der Waals surface area contributed by atoms with Gasteiger partial charge in [0.25, 0.3) is 0 Å². The third-order valence-corrected chi connectivity index (χ3v) is 11.9. The monoisotopic (exact) mass is 662 g/mol. The van der Waals surface area contributed by atoms with Crippen LogP contribution in [0.15, 0.2) is 182 Å². The summed E-state index contributed by atoms with van der Waals surface area (Å²) >= 11 is 1.90. The van der Waals surface area contributed by atoms with E-state index in [2.05, 4.69) is 182 Å². The fourth-order valence-corrected chi connectivity index (χ4v) is 9.71. The van der Waals surface area contributed by atoms with Crippen LogP contribution in [-0.4, -0.2) is 0 Å². The Hall–Kier alpha value is -6.28. The maximum atomic E-state index is 2.44. The zero-order chi connectivity index (χ0) is 33.5. The van der Waals surface area contributed by atoms with E-state index in [9.17, 15) is 0 Å². The van der Waals surface area contributed by atoms with Crippen molar-refractivity contribution in [1.82, 2.24) is 0 Å². The first kappa shape index (κ1) is 28.5. The third kappa shape index (κ3) is 4.32. The first-order chi connectivity index (χ1) is 25.3. The van der Waals surface area contributed by atoms with Gasteiger partial charge in [0.15, 0.2) is 0 Å². The minimum Gasteiger partial charge on any atom is -0.135 e. The van der Waals surface area contributed by atoms with Gasteiger partial charge in [-0.1, -0.05) is 152 Å². The SMILES string of the molecule is c1ccc(-c2cc3c(ccc4ccccc43)cc2-c2c3ccccc3c(-c3cccc4sc5cc6ccccc6cc5c34)c3ccccc23)cc1. The van der Waals surface area contributed by atoms with Crippen molar-refractivity contribution in [2.45, 2.75) is 0 Å². The van der Waals surface area contributed by atoms with Crippen LogP contribution in [-0.2, 0) is 0 Å². The van der Waals surface area contributed by atoms with Crippen LogP contribution in [0.1, 0.15) is 0 Å². The van der Waals surface area contributed by atoms with Crippen molar-refractivity contribution in [1.29, 1.82) is 0 Å². The Morgan fingerprint density at radius 1 is 0.275 bits per heavy atom. The van der Waals surface area contributed by atoms with Crippen LogP contribution in [0.4, 0.5) is 0 Å². The molecular formula is C50H30S.